The van der Waals surface area contributed by atoms with Gasteiger partial charge in [-0.1, -0.05) is 25.1 Å². The molecule has 2 unspecified atom stereocenters. The van der Waals surface area contributed by atoms with Crippen molar-refractivity contribution >= 4 is 0 Å². The maximum Gasteiger partial charge on any atom is 0.128 e. The van der Waals surface area contributed by atoms with Gasteiger partial charge in [-0.2, -0.15) is 0 Å². The first-order valence-corrected chi connectivity index (χ1v) is 7.72. The Morgan fingerprint density at radius 3 is 2.35 bits per heavy atom. The fraction of sp³-hybridized carbons (Fsp3) is 0.647. The summed E-state index contributed by atoms with van der Waals surface area (Å²) in [6.45, 7) is 4.29. The van der Waals surface area contributed by atoms with Crippen LogP contribution in [0.1, 0.15) is 51.1 Å². The Balaban J connectivity index is 2.18. The van der Waals surface area contributed by atoms with Crippen molar-refractivity contribution in [1.29, 1.82) is 0 Å². The molecule has 0 saturated heterocycles. The van der Waals surface area contributed by atoms with Crippen LogP contribution in [0.3, 0.4) is 0 Å². The molecule has 0 spiro atoms. The summed E-state index contributed by atoms with van der Waals surface area (Å²) in [6, 6.07) is 7.41. The molecular formula is C17H27FN2. The summed E-state index contributed by atoms with van der Waals surface area (Å²) in [5.41, 5.74) is 6.89. The molecule has 20 heavy (non-hydrogen) atoms. The molecule has 0 radical (unpaired) electrons. The zero-order chi connectivity index (χ0) is 14.7. The van der Waals surface area contributed by atoms with E-state index in [4.69, 9.17) is 5.73 Å². The van der Waals surface area contributed by atoms with Crippen LogP contribution < -0.4 is 5.73 Å². The first-order valence-electron chi connectivity index (χ1n) is 7.72. The van der Waals surface area contributed by atoms with E-state index in [0.29, 0.717) is 6.04 Å². The van der Waals surface area contributed by atoms with Crippen molar-refractivity contribution in [3.8, 4) is 0 Å². The highest BCUT2D eigenvalue weighted by Gasteiger charge is 2.30. The minimum Gasteiger partial charge on any atom is -0.326 e. The van der Waals surface area contributed by atoms with Crippen molar-refractivity contribution in [2.24, 2.45) is 11.7 Å². The smallest absolute Gasteiger partial charge is 0.128 e. The van der Waals surface area contributed by atoms with Gasteiger partial charge in [0.25, 0.3) is 0 Å². The van der Waals surface area contributed by atoms with Crippen LogP contribution in [0.25, 0.3) is 0 Å². The minimum absolute atomic E-state index is 0.0467. The third-order valence-corrected chi connectivity index (χ3v) is 4.72. The van der Waals surface area contributed by atoms with Crippen LogP contribution in [0.5, 0.6) is 0 Å². The van der Waals surface area contributed by atoms with E-state index in [1.807, 2.05) is 19.1 Å². The van der Waals surface area contributed by atoms with Crippen LogP contribution in [0, 0.1) is 11.7 Å². The summed E-state index contributed by atoms with van der Waals surface area (Å²) >= 11 is 0. The van der Waals surface area contributed by atoms with Gasteiger partial charge < -0.3 is 5.73 Å². The molecule has 0 aliphatic heterocycles. The second-order valence-corrected chi connectivity index (χ2v) is 6.40. The molecule has 0 aromatic heterocycles. The second-order valence-electron chi connectivity index (χ2n) is 6.40. The molecular weight excluding hydrogens is 251 g/mol. The molecule has 2 atom stereocenters. The van der Waals surface area contributed by atoms with Gasteiger partial charge in [0.2, 0.25) is 0 Å². The molecule has 0 heterocycles. The lowest BCUT2D eigenvalue weighted by Gasteiger charge is -2.40. The molecule has 2 nitrogen and oxygen atoms in total. The van der Waals surface area contributed by atoms with Crippen molar-refractivity contribution in [1.82, 2.24) is 4.90 Å². The van der Waals surface area contributed by atoms with E-state index in [-0.39, 0.29) is 17.9 Å². The van der Waals surface area contributed by atoms with Crippen molar-refractivity contribution in [3.05, 3.63) is 35.6 Å². The van der Waals surface area contributed by atoms with E-state index in [9.17, 15) is 4.39 Å². The predicted octanol–water partition coefficient (Wildman–Crippen LogP) is 3.72. The zero-order valence-corrected chi connectivity index (χ0v) is 12.8. The number of likely N-dealkylation sites (N-methyl/N-ethyl adjacent to an activating group) is 1. The standard InChI is InChI=1S/C17H27FN2/c1-12-8-10-14(11-9-12)20(3)17(13(2)19)15-6-4-5-7-16(15)18/h4-7,12-14,17H,8-11,19H2,1-3H3. The maximum absolute atomic E-state index is 14.1. The molecule has 0 bridgehead atoms. The Bertz CT molecular complexity index is 425. The van der Waals surface area contributed by atoms with E-state index >= 15 is 0 Å². The van der Waals surface area contributed by atoms with Crippen molar-refractivity contribution in [2.75, 3.05) is 7.05 Å². The lowest BCUT2D eigenvalue weighted by molar-refractivity contribution is 0.109. The van der Waals surface area contributed by atoms with Crippen LogP contribution in [0.2, 0.25) is 0 Å². The van der Waals surface area contributed by atoms with Crippen LogP contribution in [-0.2, 0) is 0 Å². The number of halogens is 1. The van der Waals surface area contributed by atoms with Crippen molar-refractivity contribution in [2.45, 2.75) is 57.7 Å². The summed E-state index contributed by atoms with van der Waals surface area (Å²) in [4.78, 5) is 2.30. The van der Waals surface area contributed by atoms with E-state index in [1.54, 1.807) is 6.07 Å². The van der Waals surface area contributed by atoms with Crippen molar-refractivity contribution in [3.63, 3.8) is 0 Å². The third-order valence-electron chi connectivity index (χ3n) is 4.72. The molecule has 1 aromatic rings. The SMILES string of the molecule is CC1CCC(N(C)C(c2ccccc2F)C(C)N)CC1. The van der Waals surface area contributed by atoms with E-state index in [1.165, 1.54) is 31.7 Å². The number of hydrogen-bond donors (Lipinski definition) is 1. The Kier molecular flexibility index (Phi) is 5.17. The molecule has 1 aliphatic rings. The molecule has 1 aromatic carbocycles. The van der Waals surface area contributed by atoms with Gasteiger partial charge in [0.05, 0.1) is 6.04 Å². The number of benzene rings is 1. The van der Waals surface area contributed by atoms with Gasteiger partial charge in [0.1, 0.15) is 5.82 Å². The Morgan fingerprint density at radius 2 is 1.80 bits per heavy atom. The van der Waals surface area contributed by atoms with Crippen LogP contribution in [0.4, 0.5) is 4.39 Å². The normalized spacial score (nSPS) is 26.5. The maximum atomic E-state index is 14.1. The summed E-state index contributed by atoms with van der Waals surface area (Å²) in [7, 11) is 2.10. The highest BCUT2D eigenvalue weighted by Crippen LogP contribution is 2.33. The number of rotatable bonds is 4. The van der Waals surface area contributed by atoms with Gasteiger partial charge in [0, 0.05) is 17.6 Å². The summed E-state index contributed by atoms with van der Waals surface area (Å²) < 4.78 is 14.1. The van der Waals surface area contributed by atoms with Crippen LogP contribution >= 0.6 is 0 Å². The van der Waals surface area contributed by atoms with E-state index in [0.717, 1.165) is 11.5 Å². The molecule has 1 aliphatic carbocycles. The Morgan fingerprint density at radius 1 is 1.20 bits per heavy atom. The number of nitrogens with two attached hydrogens (primary N) is 1. The fourth-order valence-corrected chi connectivity index (χ4v) is 3.47. The number of hydrogen-bond acceptors (Lipinski definition) is 2. The lowest BCUT2D eigenvalue weighted by atomic mass is 9.85. The summed E-state index contributed by atoms with van der Waals surface area (Å²) in [5, 5.41) is 0. The Hall–Kier alpha value is -0.930. The number of nitrogens with zero attached hydrogens (tertiary/aromatic N) is 1. The molecule has 2 rings (SSSR count). The average molecular weight is 278 g/mol. The molecule has 3 heteroatoms. The molecule has 1 saturated carbocycles. The largest absolute Gasteiger partial charge is 0.326 e. The highest BCUT2D eigenvalue weighted by atomic mass is 19.1. The molecule has 112 valence electrons. The topological polar surface area (TPSA) is 29.3 Å². The van der Waals surface area contributed by atoms with E-state index < -0.39 is 0 Å². The highest BCUT2D eigenvalue weighted by molar-refractivity contribution is 5.23. The van der Waals surface area contributed by atoms with Crippen LogP contribution in [0.15, 0.2) is 24.3 Å². The van der Waals surface area contributed by atoms with Crippen LogP contribution in [-0.4, -0.2) is 24.0 Å². The van der Waals surface area contributed by atoms with Gasteiger partial charge in [-0.3, -0.25) is 4.90 Å². The second kappa shape index (κ2) is 6.68. The van der Waals surface area contributed by atoms with Gasteiger partial charge in [-0.15, -0.1) is 0 Å². The molecule has 0 amide bonds. The van der Waals surface area contributed by atoms with Gasteiger partial charge in [-0.25, -0.2) is 4.39 Å². The fourth-order valence-electron chi connectivity index (χ4n) is 3.47. The quantitative estimate of drug-likeness (QED) is 0.909. The van der Waals surface area contributed by atoms with Gasteiger partial charge in [0.15, 0.2) is 0 Å². The van der Waals surface area contributed by atoms with Gasteiger partial charge in [-0.05, 0) is 51.6 Å². The minimum atomic E-state index is -0.147. The first-order chi connectivity index (χ1) is 9.50. The lowest BCUT2D eigenvalue weighted by Crippen LogP contribution is -2.44. The summed E-state index contributed by atoms with van der Waals surface area (Å²) in [5.74, 6) is 0.674. The van der Waals surface area contributed by atoms with Gasteiger partial charge >= 0.3 is 0 Å². The first kappa shape index (κ1) is 15.5. The predicted molar refractivity (Wildman–Crippen MR) is 82.0 cm³/mol. The third kappa shape index (κ3) is 3.39. The molecule has 1 fully saturated rings. The Labute approximate surface area is 122 Å². The van der Waals surface area contributed by atoms with Crippen molar-refractivity contribution < 1.29 is 4.39 Å². The zero-order valence-electron chi connectivity index (χ0n) is 12.8. The monoisotopic (exact) mass is 278 g/mol. The van der Waals surface area contributed by atoms with E-state index in [2.05, 4.69) is 18.9 Å². The average Bonchev–Trinajstić information content (AvgIpc) is 2.41. The summed E-state index contributed by atoms with van der Waals surface area (Å²) in [6.07, 6.45) is 4.90. The molecule has 2 N–H and O–H groups in total.